The topological polar surface area (TPSA) is 87.6 Å². The van der Waals surface area contributed by atoms with Crippen LogP contribution < -0.4 is 11.5 Å². The van der Waals surface area contributed by atoms with Crippen LogP contribution in [0.5, 0.6) is 0 Å². The van der Waals surface area contributed by atoms with E-state index in [1.54, 1.807) is 0 Å². The van der Waals surface area contributed by atoms with Gasteiger partial charge in [-0.15, -0.1) is 0 Å². The van der Waals surface area contributed by atoms with Gasteiger partial charge in [0.2, 0.25) is 0 Å². The summed E-state index contributed by atoms with van der Waals surface area (Å²) in [4.78, 5) is 10.7. The van der Waals surface area contributed by atoms with E-state index in [-0.39, 0.29) is 24.2 Å². The first-order valence-corrected chi connectivity index (χ1v) is 4.38. The van der Waals surface area contributed by atoms with E-state index in [0.29, 0.717) is 19.6 Å². The molecule has 0 bridgehead atoms. The first kappa shape index (κ1) is 10.4. The number of nitrogens with two attached hydrogens (primary N) is 2. The van der Waals surface area contributed by atoms with Crippen LogP contribution >= 0.6 is 0 Å². The van der Waals surface area contributed by atoms with Gasteiger partial charge >= 0.3 is 5.97 Å². The van der Waals surface area contributed by atoms with E-state index in [1.165, 1.54) is 6.92 Å². The van der Waals surface area contributed by atoms with E-state index in [0.717, 1.165) is 0 Å². The van der Waals surface area contributed by atoms with Gasteiger partial charge in [0.15, 0.2) is 0 Å². The highest BCUT2D eigenvalue weighted by molar-refractivity contribution is 5.66. The predicted molar refractivity (Wildman–Crippen MR) is 46.9 cm³/mol. The first-order valence-electron chi connectivity index (χ1n) is 4.38. The Morgan fingerprint density at radius 2 is 2.38 bits per heavy atom. The van der Waals surface area contributed by atoms with Crippen LogP contribution in [0, 0.1) is 0 Å². The van der Waals surface area contributed by atoms with Crippen LogP contribution in [0.4, 0.5) is 0 Å². The number of esters is 1. The zero-order chi connectivity index (χ0) is 9.84. The molecule has 1 heterocycles. The Balaban J connectivity index is 2.44. The molecule has 0 aromatic heterocycles. The Morgan fingerprint density at radius 3 is 2.92 bits per heavy atom. The van der Waals surface area contributed by atoms with E-state index in [1.807, 2.05) is 0 Å². The molecule has 4 N–H and O–H groups in total. The quantitative estimate of drug-likeness (QED) is 0.542. The second kappa shape index (κ2) is 4.55. The maximum atomic E-state index is 10.7. The third-order valence-corrected chi connectivity index (χ3v) is 2.08. The van der Waals surface area contributed by atoms with Gasteiger partial charge in [0.25, 0.3) is 0 Å². The lowest BCUT2D eigenvalue weighted by atomic mass is 10.0. The van der Waals surface area contributed by atoms with Gasteiger partial charge in [-0.3, -0.25) is 4.79 Å². The van der Waals surface area contributed by atoms with Crippen molar-refractivity contribution in [3.8, 4) is 0 Å². The molecule has 13 heavy (non-hydrogen) atoms. The minimum Gasteiger partial charge on any atom is -0.461 e. The molecule has 3 atom stereocenters. The number of rotatable bonds is 2. The van der Waals surface area contributed by atoms with Crippen molar-refractivity contribution in [1.82, 2.24) is 0 Å². The molecule has 1 aliphatic rings. The Labute approximate surface area is 77.4 Å². The molecule has 0 spiro atoms. The molecule has 0 amide bonds. The van der Waals surface area contributed by atoms with Gasteiger partial charge < -0.3 is 20.9 Å². The fraction of sp³-hybridized carbons (Fsp3) is 0.875. The number of hydrogen-bond donors (Lipinski definition) is 2. The van der Waals surface area contributed by atoms with E-state index in [2.05, 4.69) is 0 Å². The van der Waals surface area contributed by atoms with Crippen molar-refractivity contribution in [1.29, 1.82) is 0 Å². The zero-order valence-electron chi connectivity index (χ0n) is 7.73. The van der Waals surface area contributed by atoms with Crippen LogP contribution in [0.25, 0.3) is 0 Å². The molecule has 76 valence electrons. The molecular formula is C8H16N2O3. The minimum atomic E-state index is -0.307. The Kier molecular flexibility index (Phi) is 3.65. The van der Waals surface area contributed by atoms with Crippen LogP contribution in [0.3, 0.4) is 0 Å². The summed E-state index contributed by atoms with van der Waals surface area (Å²) in [5.74, 6) is -0.307. The first-order chi connectivity index (χ1) is 6.13. The highest BCUT2D eigenvalue weighted by Crippen LogP contribution is 2.15. The molecule has 1 aliphatic heterocycles. The summed E-state index contributed by atoms with van der Waals surface area (Å²) in [6.07, 6.45) is 0.306. The van der Waals surface area contributed by atoms with Gasteiger partial charge in [0, 0.05) is 19.9 Å². The van der Waals surface area contributed by atoms with Crippen molar-refractivity contribution in [2.24, 2.45) is 11.5 Å². The van der Waals surface area contributed by atoms with E-state index in [9.17, 15) is 4.79 Å². The van der Waals surface area contributed by atoms with E-state index >= 15 is 0 Å². The van der Waals surface area contributed by atoms with Crippen LogP contribution in [0.2, 0.25) is 0 Å². The van der Waals surface area contributed by atoms with E-state index < -0.39 is 0 Å². The second-order valence-corrected chi connectivity index (χ2v) is 3.24. The molecule has 0 saturated carbocycles. The molecule has 5 heteroatoms. The fourth-order valence-corrected chi connectivity index (χ4v) is 1.37. The Bertz CT molecular complexity index is 186. The van der Waals surface area contributed by atoms with Gasteiger partial charge in [0.05, 0.1) is 18.8 Å². The summed E-state index contributed by atoms with van der Waals surface area (Å²) < 4.78 is 10.3. The molecule has 5 nitrogen and oxygen atoms in total. The van der Waals surface area contributed by atoms with Crippen molar-refractivity contribution < 1.29 is 14.3 Å². The summed E-state index contributed by atoms with van der Waals surface area (Å²) in [7, 11) is 0. The molecule has 1 saturated heterocycles. The van der Waals surface area contributed by atoms with E-state index in [4.69, 9.17) is 20.9 Å². The molecule has 1 unspecified atom stereocenters. The number of carbonyl (C=O) groups is 1. The smallest absolute Gasteiger partial charge is 0.302 e. The van der Waals surface area contributed by atoms with Gasteiger partial charge in [0.1, 0.15) is 6.10 Å². The zero-order valence-corrected chi connectivity index (χ0v) is 7.73. The largest absolute Gasteiger partial charge is 0.461 e. The standard InChI is InChI=1S/C8H16N2O3/c1-5(11)13-8-2-6(3-9)12-4-7(8)10/h6-8H,2-4,9-10H2,1H3/t6-,7+,8?/m1/s1. The molecule has 0 aromatic rings. The Hall–Kier alpha value is -0.650. The Morgan fingerprint density at radius 1 is 1.69 bits per heavy atom. The van der Waals surface area contributed by atoms with Crippen molar-refractivity contribution >= 4 is 5.97 Å². The summed E-state index contributed by atoms with van der Waals surface area (Å²) in [5.41, 5.74) is 11.1. The third-order valence-electron chi connectivity index (χ3n) is 2.08. The van der Waals surface area contributed by atoms with Crippen molar-refractivity contribution in [2.45, 2.75) is 31.6 Å². The molecule has 0 aromatic carbocycles. The number of ether oxygens (including phenoxy) is 2. The average Bonchev–Trinajstić information content (AvgIpc) is 2.08. The lowest BCUT2D eigenvalue weighted by Crippen LogP contribution is -2.50. The normalized spacial score (nSPS) is 34.2. The molecule has 1 rings (SSSR count). The summed E-state index contributed by atoms with van der Waals surface area (Å²) in [5, 5.41) is 0. The highest BCUT2D eigenvalue weighted by atomic mass is 16.6. The summed E-state index contributed by atoms with van der Waals surface area (Å²) in [6, 6.07) is -0.230. The third kappa shape index (κ3) is 2.95. The van der Waals surface area contributed by atoms with Crippen molar-refractivity contribution in [3.05, 3.63) is 0 Å². The van der Waals surface area contributed by atoms with Gasteiger partial charge in [-0.05, 0) is 0 Å². The minimum absolute atomic E-state index is 0.0378. The number of hydrogen-bond acceptors (Lipinski definition) is 5. The predicted octanol–water partition coefficient (Wildman–Crippen LogP) is -1.01. The fourth-order valence-electron chi connectivity index (χ4n) is 1.37. The van der Waals surface area contributed by atoms with Crippen molar-refractivity contribution in [3.63, 3.8) is 0 Å². The van der Waals surface area contributed by atoms with Gasteiger partial charge in [-0.2, -0.15) is 0 Å². The van der Waals surface area contributed by atoms with Crippen LogP contribution in [-0.4, -0.2) is 37.4 Å². The maximum absolute atomic E-state index is 10.7. The van der Waals surface area contributed by atoms with Gasteiger partial charge in [-0.25, -0.2) is 0 Å². The molecular weight excluding hydrogens is 172 g/mol. The highest BCUT2D eigenvalue weighted by Gasteiger charge is 2.30. The average molecular weight is 188 g/mol. The summed E-state index contributed by atoms with van der Waals surface area (Å²) in [6.45, 7) is 2.21. The number of carbonyl (C=O) groups excluding carboxylic acids is 1. The lowest BCUT2D eigenvalue weighted by molar-refractivity contribution is -0.155. The molecule has 0 radical (unpaired) electrons. The second-order valence-electron chi connectivity index (χ2n) is 3.24. The SMILES string of the molecule is CC(=O)OC1C[C@H](CN)OC[C@@H]1N. The van der Waals surface area contributed by atoms with Crippen LogP contribution in [0.1, 0.15) is 13.3 Å². The van der Waals surface area contributed by atoms with Crippen molar-refractivity contribution in [2.75, 3.05) is 13.2 Å². The molecule has 0 aliphatic carbocycles. The monoisotopic (exact) mass is 188 g/mol. The molecule has 1 fully saturated rings. The van der Waals surface area contributed by atoms with Crippen LogP contribution in [0.15, 0.2) is 0 Å². The lowest BCUT2D eigenvalue weighted by Gasteiger charge is -2.32. The summed E-state index contributed by atoms with van der Waals surface area (Å²) >= 11 is 0. The maximum Gasteiger partial charge on any atom is 0.302 e. The van der Waals surface area contributed by atoms with Gasteiger partial charge in [-0.1, -0.05) is 0 Å². The van der Waals surface area contributed by atoms with Crippen LogP contribution in [-0.2, 0) is 14.3 Å².